The van der Waals surface area contributed by atoms with Crippen molar-refractivity contribution >= 4 is 5.78 Å². The SMILES string of the molecule is CCc1ccc(F)c(C(C)=O)c1. The third-order valence-electron chi connectivity index (χ3n) is 1.82. The van der Waals surface area contributed by atoms with Crippen molar-refractivity contribution in [3.8, 4) is 0 Å². The van der Waals surface area contributed by atoms with Crippen molar-refractivity contribution in [2.75, 3.05) is 0 Å². The van der Waals surface area contributed by atoms with Gasteiger partial charge in [-0.2, -0.15) is 0 Å². The van der Waals surface area contributed by atoms with Gasteiger partial charge in [0, 0.05) is 0 Å². The molecule has 0 aliphatic heterocycles. The van der Waals surface area contributed by atoms with Gasteiger partial charge in [0.05, 0.1) is 5.56 Å². The fourth-order valence-electron chi connectivity index (χ4n) is 1.06. The molecule has 0 aromatic heterocycles. The van der Waals surface area contributed by atoms with Gasteiger partial charge in [-0.25, -0.2) is 4.39 Å². The van der Waals surface area contributed by atoms with Gasteiger partial charge in [-0.05, 0) is 31.0 Å². The molecule has 64 valence electrons. The number of halogens is 1. The maximum atomic E-state index is 12.9. The highest BCUT2D eigenvalue weighted by Crippen LogP contribution is 2.11. The van der Waals surface area contributed by atoms with Crippen LogP contribution in [0.2, 0.25) is 0 Å². The predicted molar refractivity (Wildman–Crippen MR) is 45.8 cm³/mol. The van der Waals surface area contributed by atoms with Gasteiger partial charge in [-0.15, -0.1) is 0 Å². The largest absolute Gasteiger partial charge is 0.294 e. The van der Waals surface area contributed by atoms with E-state index in [9.17, 15) is 9.18 Å². The molecule has 0 spiro atoms. The normalized spacial score (nSPS) is 9.92. The minimum Gasteiger partial charge on any atom is -0.294 e. The van der Waals surface area contributed by atoms with Crippen LogP contribution in [-0.2, 0) is 6.42 Å². The van der Waals surface area contributed by atoms with Gasteiger partial charge in [-0.3, -0.25) is 4.79 Å². The lowest BCUT2D eigenvalue weighted by atomic mass is 10.1. The van der Waals surface area contributed by atoms with Crippen molar-refractivity contribution < 1.29 is 9.18 Å². The summed E-state index contributed by atoms with van der Waals surface area (Å²) in [5.41, 5.74) is 1.18. The van der Waals surface area contributed by atoms with Gasteiger partial charge in [0.15, 0.2) is 5.78 Å². The van der Waals surface area contributed by atoms with Gasteiger partial charge in [0.2, 0.25) is 0 Å². The molecule has 2 heteroatoms. The number of rotatable bonds is 2. The molecule has 1 nitrogen and oxygen atoms in total. The molecule has 1 rings (SSSR count). The smallest absolute Gasteiger partial charge is 0.162 e. The number of hydrogen-bond donors (Lipinski definition) is 0. The van der Waals surface area contributed by atoms with E-state index in [1.54, 1.807) is 12.1 Å². The molecular weight excluding hydrogens is 155 g/mol. The van der Waals surface area contributed by atoms with Crippen molar-refractivity contribution in [2.45, 2.75) is 20.3 Å². The third-order valence-corrected chi connectivity index (χ3v) is 1.82. The van der Waals surface area contributed by atoms with E-state index in [4.69, 9.17) is 0 Å². The van der Waals surface area contributed by atoms with Crippen LogP contribution in [0.3, 0.4) is 0 Å². The zero-order chi connectivity index (χ0) is 9.14. The molecule has 0 saturated heterocycles. The lowest BCUT2D eigenvalue weighted by Gasteiger charge is -2.00. The summed E-state index contributed by atoms with van der Waals surface area (Å²) < 4.78 is 12.9. The van der Waals surface area contributed by atoms with E-state index in [-0.39, 0.29) is 11.3 Å². The zero-order valence-corrected chi connectivity index (χ0v) is 7.23. The lowest BCUT2D eigenvalue weighted by Crippen LogP contribution is -1.98. The minimum absolute atomic E-state index is 0.189. The summed E-state index contributed by atoms with van der Waals surface area (Å²) in [5.74, 6) is -0.650. The number of benzene rings is 1. The molecule has 0 aliphatic carbocycles. The number of ketones is 1. The van der Waals surface area contributed by atoms with Crippen molar-refractivity contribution in [2.24, 2.45) is 0 Å². The van der Waals surface area contributed by atoms with Crippen molar-refractivity contribution in [1.29, 1.82) is 0 Å². The molecule has 0 unspecified atom stereocenters. The summed E-state index contributed by atoms with van der Waals surface area (Å²) in [7, 11) is 0. The van der Waals surface area contributed by atoms with Gasteiger partial charge < -0.3 is 0 Å². The summed E-state index contributed by atoms with van der Waals surface area (Å²) in [5, 5.41) is 0. The van der Waals surface area contributed by atoms with E-state index in [0.29, 0.717) is 0 Å². The first-order chi connectivity index (χ1) is 5.65. The van der Waals surface area contributed by atoms with Crippen LogP contribution in [0, 0.1) is 5.82 Å². The highest BCUT2D eigenvalue weighted by atomic mass is 19.1. The van der Waals surface area contributed by atoms with Gasteiger partial charge in [0.25, 0.3) is 0 Å². The third kappa shape index (κ3) is 1.70. The number of hydrogen-bond acceptors (Lipinski definition) is 1. The van der Waals surface area contributed by atoms with E-state index < -0.39 is 5.82 Å². The Labute approximate surface area is 71.2 Å². The second kappa shape index (κ2) is 3.48. The van der Waals surface area contributed by atoms with E-state index >= 15 is 0 Å². The quantitative estimate of drug-likeness (QED) is 0.617. The molecule has 0 radical (unpaired) electrons. The first kappa shape index (κ1) is 8.91. The van der Waals surface area contributed by atoms with Gasteiger partial charge >= 0.3 is 0 Å². The zero-order valence-electron chi connectivity index (χ0n) is 7.23. The lowest BCUT2D eigenvalue weighted by molar-refractivity contribution is 0.101. The highest BCUT2D eigenvalue weighted by molar-refractivity contribution is 5.94. The maximum Gasteiger partial charge on any atom is 0.162 e. The fraction of sp³-hybridized carbons (Fsp3) is 0.300. The molecule has 12 heavy (non-hydrogen) atoms. The van der Waals surface area contributed by atoms with E-state index in [0.717, 1.165) is 12.0 Å². The molecule has 0 bridgehead atoms. The first-order valence-electron chi connectivity index (χ1n) is 3.94. The monoisotopic (exact) mass is 166 g/mol. The van der Waals surface area contributed by atoms with Crippen LogP contribution >= 0.6 is 0 Å². The molecule has 0 N–H and O–H groups in total. The molecule has 0 atom stereocenters. The summed E-state index contributed by atoms with van der Waals surface area (Å²) >= 11 is 0. The van der Waals surface area contributed by atoms with Crippen LogP contribution in [0.5, 0.6) is 0 Å². The van der Waals surface area contributed by atoms with Crippen LogP contribution in [0.4, 0.5) is 4.39 Å². The van der Waals surface area contributed by atoms with Crippen molar-refractivity contribution in [3.63, 3.8) is 0 Å². The average Bonchev–Trinajstić information content (AvgIpc) is 2.05. The Hall–Kier alpha value is -1.18. The molecule has 1 aromatic carbocycles. The molecule has 1 aromatic rings. The Morgan fingerprint density at radius 2 is 2.17 bits per heavy atom. The maximum absolute atomic E-state index is 12.9. The Morgan fingerprint density at radius 1 is 1.50 bits per heavy atom. The summed E-state index contributed by atoms with van der Waals surface area (Å²) in [6, 6.07) is 4.65. The van der Waals surface area contributed by atoms with Crippen molar-refractivity contribution in [1.82, 2.24) is 0 Å². The molecule has 0 saturated carbocycles. The van der Waals surface area contributed by atoms with Crippen LogP contribution in [0.25, 0.3) is 0 Å². The van der Waals surface area contributed by atoms with Crippen LogP contribution < -0.4 is 0 Å². The standard InChI is InChI=1S/C10H11FO/c1-3-8-4-5-10(11)9(6-8)7(2)12/h4-6H,3H2,1-2H3. The Balaban J connectivity index is 3.17. The second-order valence-corrected chi connectivity index (χ2v) is 2.72. The van der Waals surface area contributed by atoms with E-state index in [2.05, 4.69) is 0 Å². The molecule has 0 aliphatic rings. The van der Waals surface area contributed by atoms with Gasteiger partial charge in [0.1, 0.15) is 5.82 Å². The molecule has 0 fully saturated rings. The average molecular weight is 166 g/mol. The highest BCUT2D eigenvalue weighted by Gasteiger charge is 2.06. The first-order valence-corrected chi connectivity index (χ1v) is 3.94. The number of Topliss-reactive ketones (excluding diaryl/α,β-unsaturated/α-hetero) is 1. The molecule has 0 amide bonds. The van der Waals surface area contributed by atoms with Crippen LogP contribution in [0.1, 0.15) is 29.8 Å². The van der Waals surface area contributed by atoms with Crippen LogP contribution in [-0.4, -0.2) is 5.78 Å². The van der Waals surface area contributed by atoms with Gasteiger partial charge in [-0.1, -0.05) is 13.0 Å². The second-order valence-electron chi connectivity index (χ2n) is 2.72. The van der Waals surface area contributed by atoms with E-state index in [1.807, 2.05) is 6.92 Å². The summed E-state index contributed by atoms with van der Waals surface area (Å²) in [6.07, 6.45) is 0.820. The van der Waals surface area contributed by atoms with E-state index in [1.165, 1.54) is 13.0 Å². The van der Waals surface area contributed by atoms with Crippen molar-refractivity contribution in [3.05, 3.63) is 35.1 Å². The van der Waals surface area contributed by atoms with Crippen LogP contribution in [0.15, 0.2) is 18.2 Å². The molecule has 0 heterocycles. The molecular formula is C10H11FO. The number of carbonyl (C=O) groups excluding carboxylic acids is 1. The number of aryl methyl sites for hydroxylation is 1. The fourth-order valence-corrected chi connectivity index (χ4v) is 1.06. The number of carbonyl (C=O) groups is 1. The Kier molecular flexibility index (Phi) is 2.58. The Morgan fingerprint density at radius 3 is 2.67 bits per heavy atom. The summed E-state index contributed by atoms with van der Waals surface area (Å²) in [6.45, 7) is 3.34. The topological polar surface area (TPSA) is 17.1 Å². The summed E-state index contributed by atoms with van der Waals surface area (Å²) in [4.78, 5) is 10.9. The minimum atomic E-state index is -0.431. The predicted octanol–water partition coefficient (Wildman–Crippen LogP) is 2.59. The Bertz CT molecular complexity index is 305.